The number of fused-ring (bicyclic) bond motifs is 1. The highest BCUT2D eigenvalue weighted by Gasteiger charge is 2.56. The smallest absolute Gasteiger partial charge is 0.352 e. The van der Waals surface area contributed by atoms with Gasteiger partial charge in [-0.25, -0.2) is 4.79 Å². The van der Waals surface area contributed by atoms with Crippen molar-refractivity contribution in [2.24, 2.45) is 0 Å². The molecule has 2 aliphatic heterocycles. The van der Waals surface area contributed by atoms with E-state index in [0.717, 1.165) is 16.7 Å². The predicted molar refractivity (Wildman–Crippen MR) is 141 cm³/mol. The van der Waals surface area contributed by atoms with Crippen molar-refractivity contribution < 1.29 is 24.2 Å². The van der Waals surface area contributed by atoms with Crippen molar-refractivity contribution in [2.45, 2.75) is 23.9 Å². The molecule has 3 aromatic carbocycles. The maximum Gasteiger partial charge on any atom is 0.352 e. The number of hydrogen-bond acceptors (Lipinski definition) is 6. The number of carbonyl (C=O) groups is 3. The molecule has 2 heterocycles. The normalized spacial score (nSPS) is 19.2. The van der Waals surface area contributed by atoms with Crippen LogP contribution >= 0.6 is 11.8 Å². The van der Waals surface area contributed by atoms with Gasteiger partial charge in [0.05, 0.1) is 5.54 Å². The Kier molecular flexibility index (Phi) is 6.86. The number of rotatable bonds is 8. The lowest BCUT2D eigenvalue weighted by Crippen LogP contribution is -2.72. The van der Waals surface area contributed by atoms with E-state index >= 15 is 0 Å². The van der Waals surface area contributed by atoms with Crippen molar-refractivity contribution in [3.63, 3.8) is 0 Å². The number of nitrogens with zero attached hydrogens (tertiary/aromatic N) is 1. The van der Waals surface area contributed by atoms with E-state index < -0.39 is 28.9 Å². The second kappa shape index (κ2) is 10.2. The topological polar surface area (TPSA) is 95.9 Å². The molecule has 0 unspecified atom stereocenters. The Morgan fingerprint density at radius 1 is 0.946 bits per heavy atom. The van der Waals surface area contributed by atoms with E-state index in [1.54, 1.807) is 0 Å². The van der Waals surface area contributed by atoms with Crippen LogP contribution in [0.5, 0.6) is 0 Å². The second-order valence-electron chi connectivity index (χ2n) is 8.92. The highest BCUT2D eigenvalue weighted by Crippen LogP contribution is 2.44. The first-order valence-corrected chi connectivity index (χ1v) is 13.0. The molecule has 37 heavy (non-hydrogen) atoms. The van der Waals surface area contributed by atoms with Gasteiger partial charge in [-0.15, -0.1) is 11.8 Å². The van der Waals surface area contributed by atoms with Crippen LogP contribution in [0.1, 0.15) is 23.6 Å². The van der Waals surface area contributed by atoms with Crippen molar-refractivity contribution in [3.8, 4) is 0 Å². The Morgan fingerprint density at radius 2 is 1.43 bits per heavy atom. The Balaban J connectivity index is 1.58. The molecule has 0 radical (unpaired) electrons. The van der Waals surface area contributed by atoms with Gasteiger partial charge in [0.15, 0.2) is 0 Å². The fourth-order valence-electron chi connectivity index (χ4n) is 5.03. The van der Waals surface area contributed by atoms with Crippen LogP contribution in [0, 0.1) is 0 Å². The summed E-state index contributed by atoms with van der Waals surface area (Å²) in [7, 11) is 0. The molecule has 2 aliphatic rings. The molecule has 8 heteroatoms. The molecule has 2 N–H and O–H groups in total. The highest BCUT2D eigenvalue weighted by molar-refractivity contribution is 8.00. The number of carboxylic acid groups (broad SMARTS) is 1. The summed E-state index contributed by atoms with van der Waals surface area (Å²) < 4.78 is 5.06. The van der Waals surface area contributed by atoms with Crippen molar-refractivity contribution in [2.75, 3.05) is 12.4 Å². The number of carbonyl (C=O) groups excluding carboxylic acids is 2. The lowest BCUT2D eigenvalue weighted by Gasteiger charge is -2.53. The Bertz CT molecular complexity index is 1250. The summed E-state index contributed by atoms with van der Waals surface area (Å²) in [5.74, 6) is -1.70. The molecule has 0 saturated carbocycles. The number of benzene rings is 3. The van der Waals surface area contributed by atoms with Gasteiger partial charge in [-0.1, -0.05) is 91.0 Å². The first-order chi connectivity index (χ1) is 17.9. The largest absolute Gasteiger partial charge is 0.477 e. The number of hydrogen-bond donors (Lipinski definition) is 2. The van der Waals surface area contributed by atoms with Gasteiger partial charge in [-0.2, -0.15) is 0 Å². The van der Waals surface area contributed by atoms with Crippen LogP contribution in [0.2, 0.25) is 0 Å². The van der Waals surface area contributed by atoms with Crippen molar-refractivity contribution >= 4 is 29.6 Å². The van der Waals surface area contributed by atoms with Gasteiger partial charge in [0.1, 0.15) is 23.7 Å². The van der Waals surface area contributed by atoms with Crippen LogP contribution in [0.25, 0.3) is 0 Å². The number of nitrogens with one attached hydrogen (secondary N) is 1. The van der Waals surface area contributed by atoms with Crippen molar-refractivity contribution in [1.29, 1.82) is 0 Å². The molecule has 0 aromatic heterocycles. The molecular formula is C29H26N2O5S. The lowest BCUT2D eigenvalue weighted by atomic mass is 9.76. The van der Waals surface area contributed by atoms with E-state index in [1.807, 2.05) is 91.0 Å². The zero-order valence-electron chi connectivity index (χ0n) is 20.2. The number of thioether (sulfide) groups is 1. The molecule has 0 bridgehead atoms. The minimum atomic E-state index is -1.21. The van der Waals surface area contributed by atoms with E-state index in [4.69, 9.17) is 4.74 Å². The van der Waals surface area contributed by atoms with Gasteiger partial charge in [0, 0.05) is 18.2 Å². The summed E-state index contributed by atoms with van der Waals surface area (Å²) in [6.45, 7) is 1.12. The molecule has 3 aromatic rings. The second-order valence-corrected chi connectivity index (χ2v) is 10.0. The lowest BCUT2D eigenvalue weighted by molar-refractivity contribution is -0.150. The van der Waals surface area contributed by atoms with E-state index in [1.165, 1.54) is 23.6 Å². The average Bonchev–Trinajstić information content (AvgIpc) is 2.93. The first-order valence-electron chi connectivity index (χ1n) is 11.9. The number of amides is 1. The van der Waals surface area contributed by atoms with Crippen LogP contribution < -0.4 is 5.32 Å². The number of esters is 1. The van der Waals surface area contributed by atoms with Crippen LogP contribution in [0.15, 0.2) is 102 Å². The summed E-state index contributed by atoms with van der Waals surface area (Å²) in [6, 6.07) is 29.2. The molecule has 5 rings (SSSR count). The molecule has 1 saturated heterocycles. The molecule has 7 nitrogen and oxygen atoms in total. The fourth-order valence-corrected chi connectivity index (χ4v) is 6.36. The van der Waals surface area contributed by atoms with Gasteiger partial charge < -0.3 is 9.84 Å². The van der Waals surface area contributed by atoms with Gasteiger partial charge in [-0.3, -0.25) is 19.8 Å². The molecule has 1 fully saturated rings. The molecule has 1 amide bonds. The molecule has 188 valence electrons. The summed E-state index contributed by atoms with van der Waals surface area (Å²) in [4.78, 5) is 38.4. The Hall–Kier alpha value is -3.88. The minimum Gasteiger partial charge on any atom is -0.477 e. The van der Waals surface area contributed by atoms with Crippen molar-refractivity contribution in [1.82, 2.24) is 10.2 Å². The maximum absolute atomic E-state index is 13.6. The fraction of sp³-hybridized carbons (Fsp3) is 0.207. The van der Waals surface area contributed by atoms with Gasteiger partial charge in [0.25, 0.3) is 0 Å². The van der Waals surface area contributed by atoms with Gasteiger partial charge in [-0.05, 0) is 16.7 Å². The van der Waals surface area contributed by atoms with Crippen LogP contribution in [-0.4, -0.2) is 51.6 Å². The molecular weight excluding hydrogens is 488 g/mol. The van der Waals surface area contributed by atoms with E-state index in [9.17, 15) is 19.5 Å². The van der Waals surface area contributed by atoms with Crippen molar-refractivity contribution in [3.05, 3.63) is 119 Å². The van der Waals surface area contributed by atoms with Crippen LogP contribution in [0.3, 0.4) is 0 Å². The third-order valence-corrected chi connectivity index (χ3v) is 8.03. The summed E-state index contributed by atoms with van der Waals surface area (Å²) in [5.41, 5.74) is 2.34. The molecule has 2 atom stereocenters. The SMILES string of the molecule is CC(=O)OCC1=C(C(=O)O)N2C(=O)[C@@H](NC(c3ccccc3)(c3ccccc3)c3ccccc3)[C@H]2SC1. The predicted octanol–water partition coefficient (Wildman–Crippen LogP) is 3.75. The van der Waals surface area contributed by atoms with Gasteiger partial charge in [0.2, 0.25) is 5.91 Å². The zero-order valence-corrected chi connectivity index (χ0v) is 21.0. The quantitative estimate of drug-likeness (QED) is 0.269. The Labute approximate surface area is 219 Å². The number of carboxylic acids is 1. The molecule has 0 spiro atoms. The standard InChI is InChI=1S/C29H26N2O5S/c1-19(32)36-17-20-18-37-27-24(26(33)31(27)25(20)28(34)35)30-29(21-11-5-2-6-12-21,22-13-7-3-8-14-22)23-15-9-4-10-16-23/h2-16,24,27,30H,17-18H2,1H3,(H,34,35)/t24-,27-/m1/s1. The van der Waals surface area contributed by atoms with E-state index in [0.29, 0.717) is 11.3 Å². The third kappa shape index (κ3) is 4.43. The summed E-state index contributed by atoms with van der Waals surface area (Å²) in [5, 5.41) is 13.2. The summed E-state index contributed by atoms with van der Waals surface area (Å²) in [6.07, 6.45) is 0. The first kappa shape index (κ1) is 24.8. The average molecular weight is 515 g/mol. The maximum atomic E-state index is 13.6. The highest BCUT2D eigenvalue weighted by atomic mass is 32.2. The van der Waals surface area contributed by atoms with Crippen LogP contribution in [-0.2, 0) is 24.7 Å². The van der Waals surface area contributed by atoms with Crippen LogP contribution in [0.4, 0.5) is 0 Å². The Morgan fingerprint density at radius 3 is 1.86 bits per heavy atom. The monoisotopic (exact) mass is 514 g/mol. The number of β-lactam (4-membered cyclic amide) rings is 1. The van der Waals surface area contributed by atoms with Gasteiger partial charge >= 0.3 is 11.9 Å². The van der Waals surface area contributed by atoms with E-state index in [2.05, 4.69) is 5.32 Å². The minimum absolute atomic E-state index is 0.0993. The van der Waals surface area contributed by atoms with E-state index in [-0.39, 0.29) is 18.2 Å². The number of ether oxygens (including phenoxy) is 1. The summed E-state index contributed by atoms with van der Waals surface area (Å²) >= 11 is 1.46. The zero-order chi connectivity index (χ0) is 26.0. The molecule has 0 aliphatic carbocycles. The number of aliphatic carboxylic acids is 1. The third-order valence-electron chi connectivity index (χ3n) is 6.69.